The van der Waals surface area contributed by atoms with Crippen molar-refractivity contribution >= 4 is 46.7 Å². The van der Waals surface area contributed by atoms with Gasteiger partial charge in [-0.1, -0.05) is 151 Å². The average molecular weight is 1050 g/mol. The van der Waals surface area contributed by atoms with Gasteiger partial charge in [0.15, 0.2) is 0 Å². The Morgan fingerprint density at radius 3 is 0.950 bits per heavy atom. The van der Waals surface area contributed by atoms with Crippen molar-refractivity contribution in [3.8, 4) is 12.1 Å². The van der Waals surface area contributed by atoms with E-state index in [0.29, 0.717) is 5.56 Å². The van der Waals surface area contributed by atoms with Gasteiger partial charge >= 0.3 is 43.8 Å². The number of nitrogens with zero attached hydrogens (tertiary/aromatic N) is 3. The van der Waals surface area contributed by atoms with Crippen molar-refractivity contribution in [3.63, 3.8) is 0 Å². The van der Waals surface area contributed by atoms with Gasteiger partial charge in [-0.3, -0.25) is 9.49 Å². The molecule has 60 heavy (non-hydrogen) atoms. The van der Waals surface area contributed by atoms with Gasteiger partial charge in [-0.15, -0.1) is 0 Å². The summed E-state index contributed by atoms with van der Waals surface area (Å²) in [5, 5.41) is 21.7. The van der Waals surface area contributed by atoms with Crippen molar-refractivity contribution in [2.45, 2.75) is 27.7 Å². The van der Waals surface area contributed by atoms with E-state index in [2.05, 4.69) is 98.3 Å². The molecular weight excluding hydrogens is 994 g/mol. The van der Waals surface area contributed by atoms with Gasteiger partial charge < -0.3 is 57.4 Å². The fourth-order valence-electron chi connectivity index (χ4n) is 5.56. The molecule has 6 rings (SSSR count). The van der Waals surface area contributed by atoms with Gasteiger partial charge in [0, 0.05) is 40.5 Å². The number of hydrogen-bond donors (Lipinski definition) is 1. The van der Waals surface area contributed by atoms with E-state index in [1.165, 1.54) is 21.2 Å². The van der Waals surface area contributed by atoms with Crippen molar-refractivity contribution < 1.29 is 100 Å². The van der Waals surface area contributed by atoms with Gasteiger partial charge in [0.2, 0.25) is 0 Å². The van der Waals surface area contributed by atoms with E-state index in [9.17, 15) is 5.26 Å². The van der Waals surface area contributed by atoms with Crippen molar-refractivity contribution in [1.29, 1.82) is 5.26 Å². The number of nitrogens with one attached hydrogen (secondary N) is 1. The molecule has 0 aliphatic carbocycles. The molecule has 0 saturated carbocycles. The van der Waals surface area contributed by atoms with Crippen molar-refractivity contribution in [2.75, 3.05) is 39.8 Å². The van der Waals surface area contributed by atoms with Crippen LogP contribution in [0.4, 0.5) is 11.4 Å². The monoisotopic (exact) mass is 1050 g/mol. The fourth-order valence-corrected chi connectivity index (χ4v) is 10.8. The molecule has 0 aliphatic heterocycles. The first-order chi connectivity index (χ1) is 27.3. The number of ether oxygens (including phenoxy) is 2. The van der Waals surface area contributed by atoms with Crippen LogP contribution < -0.4 is 112 Å². The van der Waals surface area contributed by atoms with Crippen LogP contribution in [0.25, 0.3) is 0 Å². The van der Waals surface area contributed by atoms with E-state index >= 15 is 0 Å². The predicted molar refractivity (Wildman–Crippen MR) is 240 cm³/mol. The Kier molecular flexibility index (Phi) is 33.6. The normalized spacial score (nSPS) is 9.67. The molecular formula is C48H55I2Li2N4O2P2+. The molecule has 0 saturated heterocycles. The van der Waals surface area contributed by atoms with E-state index < -0.39 is 14.1 Å². The van der Waals surface area contributed by atoms with E-state index in [1.54, 1.807) is 0 Å². The van der Waals surface area contributed by atoms with Gasteiger partial charge in [0.1, 0.15) is 11.6 Å². The molecule has 12 heteroatoms. The van der Waals surface area contributed by atoms with Crippen LogP contribution in [0, 0.1) is 17.4 Å². The summed E-state index contributed by atoms with van der Waals surface area (Å²) in [4.78, 5) is 0. The predicted octanol–water partition coefficient (Wildman–Crippen LogP) is -2.31. The second kappa shape index (κ2) is 33.9. The first-order valence-corrected chi connectivity index (χ1v) is 23.3. The minimum atomic E-state index is -1.96. The maximum Gasteiger partial charge on any atom is 1.00 e. The molecule has 1 N–H and O–H groups in total. The molecule has 6 aromatic carbocycles. The maximum atomic E-state index is 9.36. The topological polar surface area (TPSA) is 90.8 Å². The second-order valence-electron chi connectivity index (χ2n) is 12.3. The van der Waals surface area contributed by atoms with Crippen LogP contribution in [0.1, 0.15) is 38.8 Å². The minimum absolute atomic E-state index is 0. The Balaban J connectivity index is 0. The van der Waals surface area contributed by atoms with Gasteiger partial charge in [-0.25, -0.2) is 0 Å². The SMILES string of the molecule is CCOCC.CCOCC.CP(=Nc1ccccc1C#N)(c1ccccc1)c1ccccc1.CP(=Nc1ccccc1C#[NH+])(c1ccccc1)c1ccccc1.[I-].[I-].[Li+].[Li+]. The largest absolute Gasteiger partial charge is 1.00 e. The van der Waals surface area contributed by atoms with Crippen molar-refractivity contribution in [1.82, 2.24) is 0 Å². The number of nitriles is 1. The quantitative estimate of drug-likeness (QED) is 0.0953. The second-order valence-corrected chi connectivity index (χ2v) is 18.6. The number of hydrogen-bond acceptors (Lipinski definition) is 5. The summed E-state index contributed by atoms with van der Waals surface area (Å²) in [7, 11) is -3.90. The van der Waals surface area contributed by atoms with Crippen LogP contribution in [-0.4, -0.2) is 39.8 Å². The summed E-state index contributed by atoms with van der Waals surface area (Å²) in [6, 6.07) is 61.5. The van der Waals surface area contributed by atoms with Gasteiger partial charge in [0.25, 0.3) is 0 Å². The van der Waals surface area contributed by atoms with Crippen LogP contribution in [0.15, 0.2) is 179 Å². The molecule has 0 heterocycles. The summed E-state index contributed by atoms with van der Waals surface area (Å²) in [6.45, 7) is 15.8. The van der Waals surface area contributed by atoms with Crippen LogP contribution in [0.5, 0.6) is 0 Å². The van der Waals surface area contributed by atoms with Crippen LogP contribution in [0.2, 0.25) is 0 Å². The number of rotatable bonds is 10. The summed E-state index contributed by atoms with van der Waals surface area (Å²) < 4.78 is 19.9. The third kappa shape index (κ3) is 18.8. The Hall–Kier alpha value is -2.67. The Morgan fingerprint density at radius 2 is 0.700 bits per heavy atom. The summed E-state index contributed by atoms with van der Waals surface area (Å²) >= 11 is 0. The molecule has 0 aromatic heterocycles. The van der Waals surface area contributed by atoms with Crippen molar-refractivity contribution in [3.05, 3.63) is 181 Å². The third-order valence-electron chi connectivity index (χ3n) is 8.53. The molecule has 304 valence electrons. The molecule has 0 radical (unpaired) electrons. The fraction of sp³-hybridized carbons (Fsp3) is 0.208. The number of benzene rings is 6. The first kappa shape index (κ1) is 59.4. The smallest absolute Gasteiger partial charge is 1.00 e. The summed E-state index contributed by atoms with van der Waals surface area (Å²) in [5.74, 6) is 0. The van der Waals surface area contributed by atoms with Gasteiger partial charge in [0.05, 0.1) is 16.9 Å². The van der Waals surface area contributed by atoms with Crippen LogP contribution in [0.3, 0.4) is 0 Å². The van der Waals surface area contributed by atoms with Crippen LogP contribution >= 0.6 is 14.1 Å². The molecule has 0 bridgehead atoms. The Labute approximate surface area is 418 Å². The summed E-state index contributed by atoms with van der Waals surface area (Å²) in [5.41, 5.74) is 2.93. The molecule has 0 atom stereocenters. The molecule has 6 nitrogen and oxygen atoms in total. The van der Waals surface area contributed by atoms with Gasteiger partial charge in [-0.2, -0.15) is 5.26 Å². The molecule has 0 fully saturated rings. The van der Waals surface area contributed by atoms with E-state index in [4.69, 9.17) is 24.2 Å². The molecule has 6 aromatic rings. The molecule has 0 aliphatic rings. The summed E-state index contributed by atoms with van der Waals surface area (Å²) in [6.07, 6.45) is 0. The average Bonchev–Trinajstić information content (AvgIpc) is 3.26. The van der Waals surface area contributed by atoms with E-state index in [1.807, 2.05) is 125 Å². The number of halogens is 2. The zero-order valence-electron chi connectivity index (χ0n) is 36.3. The third-order valence-corrected chi connectivity index (χ3v) is 15.0. The van der Waals surface area contributed by atoms with Crippen molar-refractivity contribution in [2.24, 2.45) is 9.49 Å². The standard InChI is InChI=1S/2C20H17N2P.2C4H10O.2HI.2Li/c2*1-23(18-11-4-2-5-12-18,19-13-6-3-7-14-19)22-20-15-9-8-10-17(20)16-21;2*1-3-5-4-2;;;;/h2*2-15H,1H3;2*3-4H2,1-2H3;2*1H;;/q;;;;;;2*+1/p-1. The van der Waals surface area contributed by atoms with Crippen LogP contribution in [-0.2, 0) is 9.47 Å². The Morgan fingerprint density at radius 1 is 0.450 bits per heavy atom. The Bertz CT molecular complexity index is 1990. The zero-order chi connectivity index (χ0) is 40.5. The van der Waals surface area contributed by atoms with E-state index in [-0.39, 0.29) is 85.7 Å². The van der Waals surface area contributed by atoms with Gasteiger partial charge in [-0.05, 0) is 86.5 Å². The zero-order valence-corrected chi connectivity index (χ0v) is 42.4. The minimum Gasteiger partial charge on any atom is -1.00 e. The van der Waals surface area contributed by atoms with E-state index in [0.717, 1.165) is 43.4 Å². The first-order valence-electron chi connectivity index (χ1n) is 18.9. The molecule has 0 amide bonds. The maximum absolute atomic E-state index is 9.36. The molecule has 0 spiro atoms. The molecule has 0 unspecified atom stereocenters.